The Labute approximate surface area is 370 Å². The lowest BCUT2D eigenvalue weighted by Gasteiger charge is -2.07. The van der Waals surface area contributed by atoms with Crippen LogP contribution in [-0.2, 0) is 0 Å². The van der Waals surface area contributed by atoms with Crippen molar-refractivity contribution < 1.29 is 17.7 Å². The predicted octanol–water partition coefficient (Wildman–Crippen LogP) is 14.7. The van der Waals surface area contributed by atoms with Gasteiger partial charge in [0.2, 0.25) is 0 Å². The predicted molar refractivity (Wildman–Crippen MR) is 261 cm³/mol. The van der Waals surface area contributed by atoms with Crippen molar-refractivity contribution in [2.24, 2.45) is 0 Å². The van der Waals surface area contributed by atoms with Crippen LogP contribution < -0.4 is 0 Å². The van der Waals surface area contributed by atoms with Crippen LogP contribution in [0.5, 0.6) is 0 Å². The number of rotatable bonds is 3. The van der Waals surface area contributed by atoms with Crippen molar-refractivity contribution in [1.29, 1.82) is 0 Å². The van der Waals surface area contributed by atoms with Gasteiger partial charge in [-0.2, -0.15) is 0 Å². The third-order valence-electron chi connectivity index (χ3n) is 13.5. The summed E-state index contributed by atoms with van der Waals surface area (Å²) in [6.45, 7) is 0. The van der Waals surface area contributed by atoms with E-state index in [4.69, 9.17) is 17.7 Å². The molecule has 0 radical (unpaired) electrons. The van der Waals surface area contributed by atoms with E-state index in [1.165, 1.54) is 0 Å². The molecule has 0 N–H and O–H groups in total. The van der Waals surface area contributed by atoms with Crippen LogP contribution in [0.15, 0.2) is 188 Å². The normalized spacial score (nSPS) is 12.5. The Bertz CT molecular complexity index is 4380. The van der Waals surface area contributed by atoms with Gasteiger partial charge in [-0.3, -0.25) is 19.9 Å². The van der Waals surface area contributed by atoms with Crippen LogP contribution >= 0.6 is 0 Å². The summed E-state index contributed by atoms with van der Waals surface area (Å²) < 4.78 is 30.6. The van der Waals surface area contributed by atoms with E-state index in [1.54, 1.807) is 0 Å². The molecule has 10 heterocycles. The standard InChI is InChI=1S/C56H28N6O4/c1-5-41-53(57-17-1)54-42(6-2-18-58-54)61(41)31-11-15-47-35(23-31)39-27-49-37(25-51(39)65-47)33-21-29(9-13-45(33)63-49)30-10-14-46-34(22-30)38-26-52-40(28-50(38)64-46)36-24-32(12-16-48(36)66-52)62-43-7-3-19-59-55(43)56-44(62)8-4-20-60-56/h1-28H. The van der Waals surface area contributed by atoms with Crippen LogP contribution in [0.4, 0.5) is 0 Å². The maximum absolute atomic E-state index is 6.54. The van der Waals surface area contributed by atoms with Gasteiger partial charge in [0.15, 0.2) is 0 Å². The van der Waals surface area contributed by atoms with E-state index in [9.17, 15) is 0 Å². The van der Waals surface area contributed by atoms with E-state index in [0.29, 0.717) is 0 Å². The van der Waals surface area contributed by atoms with E-state index in [0.717, 1.165) is 154 Å². The van der Waals surface area contributed by atoms with Crippen LogP contribution in [0.3, 0.4) is 0 Å². The molecule has 0 amide bonds. The zero-order valence-corrected chi connectivity index (χ0v) is 34.5. The maximum Gasteiger partial charge on any atom is 0.136 e. The second kappa shape index (κ2) is 12.2. The summed E-state index contributed by atoms with van der Waals surface area (Å²) in [5.74, 6) is 0. The first-order chi connectivity index (χ1) is 32.7. The van der Waals surface area contributed by atoms with Gasteiger partial charge in [0.1, 0.15) is 66.7 Å². The summed E-state index contributed by atoms with van der Waals surface area (Å²) in [5.41, 5.74) is 18.1. The number of fused-ring (bicyclic) bond motifs is 18. The second-order valence-electron chi connectivity index (χ2n) is 17.0. The lowest BCUT2D eigenvalue weighted by atomic mass is 10.00. The van der Waals surface area contributed by atoms with E-state index in [2.05, 4.69) is 138 Å². The van der Waals surface area contributed by atoms with Crippen LogP contribution in [0.2, 0.25) is 0 Å². The lowest BCUT2D eigenvalue weighted by molar-refractivity contribution is 0.664. The fraction of sp³-hybridized carbons (Fsp3) is 0. The van der Waals surface area contributed by atoms with Crippen LogP contribution in [0.25, 0.3) is 154 Å². The first-order valence-electron chi connectivity index (χ1n) is 21.7. The van der Waals surface area contributed by atoms with Crippen molar-refractivity contribution in [2.45, 2.75) is 0 Å². The van der Waals surface area contributed by atoms with Crippen molar-refractivity contribution in [1.82, 2.24) is 29.1 Å². The Balaban J connectivity index is 0.796. The monoisotopic (exact) mass is 848 g/mol. The highest BCUT2D eigenvalue weighted by molar-refractivity contribution is 6.18. The quantitative estimate of drug-likeness (QED) is 0.173. The number of hydrogen-bond donors (Lipinski definition) is 0. The number of aromatic nitrogens is 6. The second-order valence-corrected chi connectivity index (χ2v) is 17.0. The van der Waals surface area contributed by atoms with Gasteiger partial charge < -0.3 is 26.8 Å². The Kier molecular flexibility index (Phi) is 6.35. The molecule has 0 atom stereocenters. The maximum atomic E-state index is 6.54. The third kappa shape index (κ3) is 4.53. The molecule has 16 aromatic rings. The van der Waals surface area contributed by atoms with E-state index in [1.807, 2.05) is 61.2 Å². The van der Waals surface area contributed by atoms with Crippen LogP contribution in [-0.4, -0.2) is 29.1 Å². The Morgan fingerprint density at radius 2 is 0.561 bits per heavy atom. The molecule has 0 spiro atoms. The van der Waals surface area contributed by atoms with Gasteiger partial charge in [-0.1, -0.05) is 12.1 Å². The summed E-state index contributed by atoms with van der Waals surface area (Å²) >= 11 is 0. The minimum Gasteiger partial charge on any atom is -0.456 e. The smallest absolute Gasteiger partial charge is 0.136 e. The molecule has 10 nitrogen and oxygen atoms in total. The van der Waals surface area contributed by atoms with Crippen molar-refractivity contribution in [3.05, 3.63) is 170 Å². The number of hydrogen-bond acceptors (Lipinski definition) is 8. The topological polar surface area (TPSA) is 114 Å². The fourth-order valence-electron chi connectivity index (χ4n) is 10.6. The number of nitrogens with zero attached hydrogens (tertiary/aromatic N) is 6. The Hall–Kier alpha value is -9.28. The molecule has 0 aliphatic rings. The first kappa shape index (κ1) is 34.2. The van der Waals surface area contributed by atoms with E-state index in [-0.39, 0.29) is 0 Å². The zero-order valence-electron chi connectivity index (χ0n) is 34.5. The molecule has 10 aromatic heterocycles. The lowest BCUT2D eigenvalue weighted by Crippen LogP contribution is -1.93. The Morgan fingerprint density at radius 3 is 0.894 bits per heavy atom. The SMILES string of the molecule is c1cnc2c3ncccc3n(-c3ccc4oc5cc6c(cc5c4c3)oc3ccc(-c4ccc5oc7cc8c(cc7c5c4)oc4ccc(-n5c7cccnc7c7ncccc75)cc48)cc36)c2c1. The summed E-state index contributed by atoms with van der Waals surface area (Å²) in [6.07, 6.45) is 7.26. The molecule has 0 unspecified atom stereocenters. The first-order valence-corrected chi connectivity index (χ1v) is 21.7. The van der Waals surface area contributed by atoms with Crippen molar-refractivity contribution >= 4 is 132 Å². The number of pyridine rings is 4. The molecular weight excluding hydrogens is 821 g/mol. The zero-order chi connectivity index (χ0) is 42.8. The number of benzene rings is 6. The van der Waals surface area contributed by atoms with Gasteiger partial charge in [-0.25, -0.2) is 0 Å². The number of furan rings is 4. The fourth-order valence-corrected chi connectivity index (χ4v) is 10.6. The van der Waals surface area contributed by atoms with Gasteiger partial charge in [-0.05, 0) is 145 Å². The van der Waals surface area contributed by atoms with Gasteiger partial charge in [-0.15, -0.1) is 0 Å². The summed E-state index contributed by atoms with van der Waals surface area (Å²) in [6, 6.07) is 50.0. The van der Waals surface area contributed by atoms with Gasteiger partial charge in [0, 0.05) is 79.3 Å². The van der Waals surface area contributed by atoms with Gasteiger partial charge >= 0.3 is 0 Å². The van der Waals surface area contributed by atoms with Gasteiger partial charge in [0.25, 0.3) is 0 Å². The average molecular weight is 849 g/mol. The molecule has 0 bridgehead atoms. The summed E-state index contributed by atoms with van der Waals surface area (Å²) in [7, 11) is 0. The highest BCUT2D eigenvalue weighted by Gasteiger charge is 2.21. The molecule has 6 aromatic carbocycles. The average Bonchev–Trinajstić information content (AvgIpc) is 4.21. The molecule has 0 saturated carbocycles. The largest absolute Gasteiger partial charge is 0.456 e. The van der Waals surface area contributed by atoms with Crippen molar-refractivity contribution in [2.75, 3.05) is 0 Å². The highest BCUT2D eigenvalue weighted by Crippen LogP contribution is 2.42. The Morgan fingerprint density at radius 1 is 0.273 bits per heavy atom. The minimum absolute atomic E-state index is 0.800. The van der Waals surface area contributed by atoms with Crippen LogP contribution in [0.1, 0.15) is 0 Å². The van der Waals surface area contributed by atoms with E-state index < -0.39 is 0 Å². The molecular formula is C56H28N6O4. The third-order valence-corrected chi connectivity index (χ3v) is 13.5. The summed E-state index contributed by atoms with van der Waals surface area (Å²) in [5, 5.41) is 8.02. The van der Waals surface area contributed by atoms with E-state index >= 15 is 0 Å². The van der Waals surface area contributed by atoms with Crippen molar-refractivity contribution in [3.63, 3.8) is 0 Å². The molecule has 10 heteroatoms. The van der Waals surface area contributed by atoms with Crippen molar-refractivity contribution in [3.8, 4) is 22.5 Å². The highest BCUT2D eigenvalue weighted by atomic mass is 16.3. The molecule has 0 fully saturated rings. The molecule has 0 saturated heterocycles. The molecule has 0 aliphatic carbocycles. The summed E-state index contributed by atoms with van der Waals surface area (Å²) in [4.78, 5) is 18.7. The molecule has 66 heavy (non-hydrogen) atoms. The van der Waals surface area contributed by atoms with Gasteiger partial charge in [0.05, 0.1) is 22.1 Å². The van der Waals surface area contributed by atoms with Crippen LogP contribution in [0, 0.1) is 0 Å². The molecule has 16 rings (SSSR count). The molecule has 0 aliphatic heterocycles. The minimum atomic E-state index is 0.800. The molecule has 306 valence electrons.